The molecule has 0 fully saturated rings. The van der Waals surface area contributed by atoms with E-state index in [1.54, 1.807) is 7.11 Å². The van der Waals surface area contributed by atoms with Crippen molar-refractivity contribution in [2.45, 2.75) is 19.9 Å². The highest BCUT2D eigenvalue weighted by Crippen LogP contribution is 2.28. The summed E-state index contributed by atoms with van der Waals surface area (Å²) in [5, 5.41) is 3.47. The molecule has 2 aromatic rings. The van der Waals surface area contributed by atoms with Crippen LogP contribution in [0, 0.1) is 6.92 Å². The van der Waals surface area contributed by atoms with E-state index < -0.39 is 0 Å². The van der Waals surface area contributed by atoms with E-state index in [0.29, 0.717) is 0 Å². The molecule has 0 amide bonds. The SMILES string of the molecule is COc1ccc(C)cc1C(C)Nc1ccc(N(C)C)nc1. The second-order valence-electron chi connectivity index (χ2n) is 5.41. The Bertz CT molecular complexity index is 593. The molecule has 0 saturated heterocycles. The first-order valence-electron chi connectivity index (χ1n) is 7.05. The molecule has 0 aliphatic rings. The number of nitrogens with zero attached hydrogens (tertiary/aromatic N) is 2. The average molecular weight is 285 g/mol. The van der Waals surface area contributed by atoms with Gasteiger partial charge in [-0.25, -0.2) is 4.98 Å². The van der Waals surface area contributed by atoms with Gasteiger partial charge in [-0.2, -0.15) is 0 Å². The smallest absolute Gasteiger partial charge is 0.128 e. The maximum absolute atomic E-state index is 5.45. The second kappa shape index (κ2) is 6.48. The second-order valence-corrected chi connectivity index (χ2v) is 5.41. The van der Waals surface area contributed by atoms with Crippen LogP contribution in [-0.4, -0.2) is 26.2 Å². The Balaban J connectivity index is 2.17. The van der Waals surface area contributed by atoms with Crippen molar-refractivity contribution in [2.75, 3.05) is 31.4 Å². The Labute approximate surface area is 126 Å². The lowest BCUT2D eigenvalue weighted by Gasteiger charge is -2.19. The van der Waals surface area contributed by atoms with Crippen molar-refractivity contribution >= 4 is 11.5 Å². The molecule has 112 valence electrons. The van der Waals surface area contributed by atoms with E-state index in [9.17, 15) is 0 Å². The van der Waals surface area contributed by atoms with Crippen molar-refractivity contribution in [3.8, 4) is 5.75 Å². The summed E-state index contributed by atoms with van der Waals surface area (Å²) in [6.07, 6.45) is 1.86. The van der Waals surface area contributed by atoms with Crippen molar-refractivity contribution in [3.05, 3.63) is 47.7 Å². The van der Waals surface area contributed by atoms with E-state index in [0.717, 1.165) is 22.8 Å². The van der Waals surface area contributed by atoms with Crippen molar-refractivity contribution in [1.29, 1.82) is 0 Å². The average Bonchev–Trinajstić information content (AvgIpc) is 2.47. The molecular weight excluding hydrogens is 262 g/mol. The molecule has 21 heavy (non-hydrogen) atoms. The molecule has 0 saturated carbocycles. The van der Waals surface area contributed by atoms with Gasteiger partial charge in [-0.3, -0.25) is 0 Å². The number of hydrogen-bond acceptors (Lipinski definition) is 4. The molecular formula is C17H23N3O. The van der Waals surface area contributed by atoms with Crippen LogP contribution in [0.5, 0.6) is 5.75 Å². The molecule has 4 nitrogen and oxygen atoms in total. The van der Waals surface area contributed by atoms with Crippen LogP contribution in [0.15, 0.2) is 36.5 Å². The highest BCUT2D eigenvalue weighted by atomic mass is 16.5. The fraction of sp³-hybridized carbons (Fsp3) is 0.353. The number of pyridine rings is 1. The zero-order valence-electron chi connectivity index (χ0n) is 13.3. The molecule has 1 unspecified atom stereocenters. The van der Waals surface area contributed by atoms with Crippen LogP contribution in [-0.2, 0) is 0 Å². The van der Waals surface area contributed by atoms with E-state index in [1.165, 1.54) is 5.56 Å². The van der Waals surface area contributed by atoms with Crippen molar-refractivity contribution < 1.29 is 4.74 Å². The highest BCUT2D eigenvalue weighted by molar-refractivity contribution is 5.50. The molecule has 0 aliphatic heterocycles. The summed E-state index contributed by atoms with van der Waals surface area (Å²) in [6.45, 7) is 4.21. The predicted molar refractivity (Wildman–Crippen MR) is 88.3 cm³/mol. The maximum Gasteiger partial charge on any atom is 0.128 e. The summed E-state index contributed by atoms with van der Waals surface area (Å²) in [7, 11) is 5.67. The van der Waals surface area contributed by atoms with Gasteiger partial charge < -0.3 is 15.0 Å². The minimum absolute atomic E-state index is 0.145. The molecule has 0 radical (unpaired) electrons. The molecule has 0 aliphatic carbocycles. The van der Waals surface area contributed by atoms with Crippen LogP contribution in [0.3, 0.4) is 0 Å². The minimum Gasteiger partial charge on any atom is -0.496 e. The summed E-state index contributed by atoms with van der Waals surface area (Å²) < 4.78 is 5.45. The van der Waals surface area contributed by atoms with E-state index in [1.807, 2.05) is 43.4 Å². The summed E-state index contributed by atoms with van der Waals surface area (Å²) in [6, 6.07) is 10.4. The van der Waals surface area contributed by atoms with Gasteiger partial charge in [-0.15, -0.1) is 0 Å². The summed E-state index contributed by atoms with van der Waals surface area (Å²) in [5.74, 6) is 1.85. The van der Waals surface area contributed by atoms with Crippen LogP contribution in [0.4, 0.5) is 11.5 Å². The van der Waals surface area contributed by atoms with Crippen LogP contribution >= 0.6 is 0 Å². The zero-order chi connectivity index (χ0) is 15.4. The van der Waals surface area contributed by atoms with Crippen molar-refractivity contribution in [3.63, 3.8) is 0 Å². The molecule has 1 aromatic carbocycles. The number of nitrogens with one attached hydrogen (secondary N) is 1. The first-order valence-corrected chi connectivity index (χ1v) is 7.05. The summed E-state index contributed by atoms with van der Waals surface area (Å²) in [4.78, 5) is 6.40. The molecule has 1 heterocycles. The van der Waals surface area contributed by atoms with E-state index in [4.69, 9.17) is 4.74 Å². The minimum atomic E-state index is 0.145. The number of anilines is 2. The first kappa shape index (κ1) is 15.2. The van der Waals surface area contributed by atoms with Gasteiger partial charge in [-0.1, -0.05) is 17.7 Å². The van der Waals surface area contributed by atoms with Gasteiger partial charge >= 0.3 is 0 Å². The van der Waals surface area contributed by atoms with Gasteiger partial charge in [0.2, 0.25) is 0 Å². The third-order valence-electron chi connectivity index (χ3n) is 3.44. The normalized spacial score (nSPS) is 11.9. The van der Waals surface area contributed by atoms with Gasteiger partial charge in [-0.05, 0) is 32.0 Å². The van der Waals surface area contributed by atoms with Crippen molar-refractivity contribution in [1.82, 2.24) is 4.98 Å². The van der Waals surface area contributed by atoms with E-state index in [-0.39, 0.29) is 6.04 Å². The van der Waals surface area contributed by atoms with Crippen LogP contribution in [0.1, 0.15) is 24.1 Å². The third kappa shape index (κ3) is 3.66. The number of benzene rings is 1. The molecule has 0 spiro atoms. The van der Waals surface area contributed by atoms with Crippen LogP contribution in [0.2, 0.25) is 0 Å². The lowest BCUT2D eigenvalue weighted by atomic mass is 10.0. The number of rotatable bonds is 5. The number of hydrogen-bond donors (Lipinski definition) is 1. The maximum atomic E-state index is 5.45. The fourth-order valence-electron chi connectivity index (χ4n) is 2.26. The van der Waals surface area contributed by atoms with Gasteiger partial charge in [0.05, 0.1) is 25.0 Å². The summed E-state index contributed by atoms with van der Waals surface area (Å²) >= 11 is 0. The van der Waals surface area contributed by atoms with E-state index in [2.05, 4.69) is 36.3 Å². The lowest BCUT2D eigenvalue weighted by molar-refractivity contribution is 0.408. The molecule has 2 rings (SSSR count). The largest absolute Gasteiger partial charge is 0.496 e. The van der Waals surface area contributed by atoms with Gasteiger partial charge in [0, 0.05) is 19.7 Å². The number of ether oxygens (including phenoxy) is 1. The molecule has 1 aromatic heterocycles. The standard InChI is InChI=1S/C17H23N3O/c1-12-6-8-16(21-5)15(10-12)13(2)19-14-7-9-17(18-11-14)20(3)4/h6-11,13,19H,1-5H3. The Morgan fingerprint density at radius 1 is 1.19 bits per heavy atom. The number of aromatic nitrogens is 1. The predicted octanol–water partition coefficient (Wildman–Crippen LogP) is 3.64. The number of aryl methyl sites for hydroxylation is 1. The molecule has 1 atom stereocenters. The molecule has 4 heteroatoms. The first-order chi connectivity index (χ1) is 10.0. The Kier molecular flexibility index (Phi) is 4.68. The van der Waals surface area contributed by atoms with Gasteiger partial charge in [0.15, 0.2) is 0 Å². The summed E-state index contributed by atoms with van der Waals surface area (Å²) in [5.41, 5.74) is 3.37. The van der Waals surface area contributed by atoms with Crippen LogP contribution < -0.4 is 15.0 Å². The highest BCUT2D eigenvalue weighted by Gasteiger charge is 2.12. The monoisotopic (exact) mass is 285 g/mol. The van der Waals surface area contributed by atoms with Crippen LogP contribution in [0.25, 0.3) is 0 Å². The van der Waals surface area contributed by atoms with E-state index >= 15 is 0 Å². The molecule has 1 N–H and O–H groups in total. The van der Waals surface area contributed by atoms with Gasteiger partial charge in [0.1, 0.15) is 11.6 Å². The fourth-order valence-corrected chi connectivity index (χ4v) is 2.26. The zero-order valence-corrected chi connectivity index (χ0v) is 13.3. The molecule has 0 bridgehead atoms. The van der Waals surface area contributed by atoms with Gasteiger partial charge in [0.25, 0.3) is 0 Å². The lowest BCUT2D eigenvalue weighted by Crippen LogP contribution is -2.12. The third-order valence-corrected chi connectivity index (χ3v) is 3.44. The number of methoxy groups -OCH3 is 1. The van der Waals surface area contributed by atoms with Crippen molar-refractivity contribution in [2.24, 2.45) is 0 Å². The Morgan fingerprint density at radius 3 is 2.52 bits per heavy atom. The Hall–Kier alpha value is -2.23. The quantitative estimate of drug-likeness (QED) is 0.910. The Morgan fingerprint density at radius 2 is 1.95 bits per heavy atom. The topological polar surface area (TPSA) is 37.4 Å².